The Kier molecular flexibility index (Phi) is 5.32. The van der Waals surface area contributed by atoms with Crippen molar-refractivity contribution in [3.05, 3.63) is 12.2 Å². The number of hydrogen-bond donors (Lipinski definition) is 0. The molecule has 0 aliphatic carbocycles. The van der Waals surface area contributed by atoms with Gasteiger partial charge in [-0.1, -0.05) is 12.2 Å². The first kappa shape index (κ1) is 8.50. The first-order valence-electron chi connectivity index (χ1n) is 2.61. The number of carbonyl (C=O) groups is 1. The van der Waals surface area contributed by atoms with Crippen LogP contribution in [0.25, 0.3) is 0 Å². The average molecular weight is 149 g/mol. The molecule has 0 bridgehead atoms. The number of hydrogen-bond acceptors (Lipinski definition) is 2. The van der Waals surface area contributed by atoms with Crippen molar-refractivity contribution in [2.24, 2.45) is 0 Å². The number of alkyl halides is 1. The van der Waals surface area contributed by atoms with Crippen LogP contribution >= 0.6 is 11.6 Å². The van der Waals surface area contributed by atoms with E-state index in [0.717, 1.165) is 0 Å². The monoisotopic (exact) mass is 148 g/mol. The van der Waals surface area contributed by atoms with E-state index in [9.17, 15) is 4.79 Å². The minimum absolute atomic E-state index is 0.269. The third kappa shape index (κ3) is 7.50. The number of esters is 1. The Bertz CT molecular complexity index is 110. The molecule has 0 rings (SSSR count). The van der Waals surface area contributed by atoms with Gasteiger partial charge in [0.25, 0.3) is 0 Å². The second-order valence-corrected chi connectivity index (χ2v) is 1.74. The fourth-order valence-corrected chi connectivity index (χ4v) is 0.422. The summed E-state index contributed by atoms with van der Waals surface area (Å²) in [5.41, 5.74) is 0. The van der Waals surface area contributed by atoms with Crippen LogP contribution in [0.5, 0.6) is 0 Å². The van der Waals surface area contributed by atoms with Crippen LogP contribution in [-0.2, 0) is 9.53 Å². The van der Waals surface area contributed by atoms with Gasteiger partial charge in [-0.2, -0.15) is 0 Å². The van der Waals surface area contributed by atoms with Crippen LogP contribution in [0.4, 0.5) is 0 Å². The highest BCUT2D eigenvalue weighted by molar-refractivity contribution is 6.18. The zero-order valence-electron chi connectivity index (χ0n) is 5.26. The normalized spacial score (nSPS) is 10.0. The van der Waals surface area contributed by atoms with Gasteiger partial charge in [0.2, 0.25) is 0 Å². The first-order valence-corrected chi connectivity index (χ1v) is 3.15. The molecule has 0 radical (unpaired) electrons. The summed E-state index contributed by atoms with van der Waals surface area (Å²) in [7, 11) is 0. The minimum Gasteiger partial charge on any atom is -0.462 e. The molecule has 0 aromatic carbocycles. The van der Waals surface area contributed by atoms with E-state index < -0.39 is 0 Å². The molecule has 3 heteroatoms. The van der Waals surface area contributed by atoms with Crippen LogP contribution in [0, 0.1) is 0 Å². The fraction of sp³-hybridized carbons (Fsp3) is 0.500. The van der Waals surface area contributed by atoms with Gasteiger partial charge in [0.1, 0.15) is 6.61 Å². The van der Waals surface area contributed by atoms with Crippen molar-refractivity contribution in [3.8, 4) is 0 Å². The van der Waals surface area contributed by atoms with Gasteiger partial charge < -0.3 is 4.74 Å². The van der Waals surface area contributed by atoms with Crippen LogP contribution in [0.3, 0.4) is 0 Å². The van der Waals surface area contributed by atoms with E-state index in [2.05, 4.69) is 4.74 Å². The maximum absolute atomic E-state index is 10.1. The fourth-order valence-electron chi connectivity index (χ4n) is 0.297. The Balaban J connectivity index is 3.09. The molecule has 9 heavy (non-hydrogen) atoms. The van der Waals surface area contributed by atoms with Gasteiger partial charge in [0.05, 0.1) is 0 Å². The second-order valence-electron chi connectivity index (χ2n) is 1.43. The smallest absolute Gasteiger partial charge is 0.302 e. The van der Waals surface area contributed by atoms with Gasteiger partial charge in [-0.3, -0.25) is 4.79 Å². The van der Waals surface area contributed by atoms with Gasteiger partial charge in [-0.15, -0.1) is 11.6 Å². The summed E-state index contributed by atoms with van der Waals surface area (Å²) in [6.45, 7) is 1.69. The van der Waals surface area contributed by atoms with Crippen LogP contribution in [0.1, 0.15) is 6.92 Å². The van der Waals surface area contributed by atoms with E-state index in [1.54, 1.807) is 12.2 Å². The predicted molar refractivity (Wildman–Crippen MR) is 36.5 cm³/mol. The minimum atomic E-state index is -0.269. The van der Waals surface area contributed by atoms with Crippen LogP contribution in [0.15, 0.2) is 12.2 Å². The van der Waals surface area contributed by atoms with Crippen molar-refractivity contribution in [1.29, 1.82) is 0 Å². The highest BCUT2D eigenvalue weighted by Gasteiger charge is 1.84. The van der Waals surface area contributed by atoms with Crippen LogP contribution in [-0.4, -0.2) is 18.5 Å². The molecule has 0 aliphatic rings. The zero-order valence-corrected chi connectivity index (χ0v) is 6.02. The number of rotatable bonds is 3. The highest BCUT2D eigenvalue weighted by atomic mass is 35.5. The van der Waals surface area contributed by atoms with E-state index in [0.29, 0.717) is 12.5 Å². The Hall–Kier alpha value is -0.500. The maximum atomic E-state index is 10.1. The molecule has 0 aliphatic heterocycles. The average Bonchev–Trinajstić information content (AvgIpc) is 1.80. The van der Waals surface area contributed by atoms with Gasteiger partial charge in [0.15, 0.2) is 0 Å². The Morgan fingerprint density at radius 2 is 2.33 bits per heavy atom. The van der Waals surface area contributed by atoms with Crippen molar-refractivity contribution in [2.75, 3.05) is 12.5 Å². The summed E-state index contributed by atoms with van der Waals surface area (Å²) in [4.78, 5) is 10.1. The number of ether oxygens (including phenoxy) is 1. The third-order valence-electron chi connectivity index (χ3n) is 0.639. The molecule has 0 atom stereocenters. The quantitative estimate of drug-likeness (QED) is 0.343. The van der Waals surface area contributed by atoms with E-state index in [4.69, 9.17) is 11.6 Å². The molecule has 0 N–H and O–H groups in total. The lowest BCUT2D eigenvalue weighted by molar-refractivity contribution is -0.139. The number of allylic oxidation sites excluding steroid dienone is 1. The molecule has 2 nitrogen and oxygen atoms in total. The standard InChI is InChI=1S/C6H9ClO2/c1-6(8)9-5-3-2-4-7/h2-3H,4-5H2,1H3. The third-order valence-corrected chi connectivity index (χ3v) is 0.817. The molecule has 0 saturated heterocycles. The van der Waals surface area contributed by atoms with Crippen molar-refractivity contribution < 1.29 is 9.53 Å². The molecule has 0 unspecified atom stereocenters. The Morgan fingerprint density at radius 3 is 2.78 bits per heavy atom. The van der Waals surface area contributed by atoms with E-state index in [-0.39, 0.29) is 5.97 Å². The van der Waals surface area contributed by atoms with Crippen molar-refractivity contribution >= 4 is 17.6 Å². The lowest BCUT2D eigenvalue weighted by Gasteiger charge is -1.92. The lowest BCUT2D eigenvalue weighted by atomic mass is 10.5. The van der Waals surface area contributed by atoms with Gasteiger partial charge in [0, 0.05) is 12.8 Å². The second kappa shape index (κ2) is 5.63. The van der Waals surface area contributed by atoms with Crippen molar-refractivity contribution in [2.45, 2.75) is 6.92 Å². The van der Waals surface area contributed by atoms with E-state index in [1.165, 1.54) is 6.92 Å². The zero-order chi connectivity index (χ0) is 7.11. The number of halogens is 1. The molecule has 0 amide bonds. The van der Waals surface area contributed by atoms with E-state index >= 15 is 0 Å². The van der Waals surface area contributed by atoms with Gasteiger partial charge in [-0.25, -0.2) is 0 Å². The summed E-state index contributed by atoms with van der Waals surface area (Å²) in [6.07, 6.45) is 3.43. The topological polar surface area (TPSA) is 26.3 Å². The molecular weight excluding hydrogens is 140 g/mol. The molecule has 52 valence electrons. The summed E-state index contributed by atoms with van der Waals surface area (Å²) < 4.78 is 4.56. The molecule has 0 saturated carbocycles. The molecule has 0 fully saturated rings. The molecular formula is C6H9ClO2. The maximum Gasteiger partial charge on any atom is 0.302 e. The summed E-state index contributed by atoms with van der Waals surface area (Å²) in [5.74, 6) is 0.190. The van der Waals surface area contributed by atoms with E-state index in [1.807, 2.05) is 0 Å². The summed E-state index contributed by atoms with van der Waals surface area (Å²) in [5, 5.41) is 0. The van der Waals surface area contributed by atoms with Crippen molar-refractivity contribution in [1.82, 2.24) is 0 Å². The SMILES string of the molecule is CC(=O)OCC=CCCl. The van der Waals surface area contributed by atoms with Gasteiger partial charge >= 0.3 is 5.97 Å². The first-order chi connectivity index (χ1) is 4.27. The molecule has 0 heterocycles. The largest absolute Gasteiger partial charge is 0.462 e. The highest BCUT2D eigenvalue weighted by Crippen LogP contribution is 1.80. The molecule has 0 spiro atoms. The van der Waals surface area contributed by atoms with Crippen molar-refractivity contribution in [3.63, 3.8) is 0 Å². The Morgan fingerprint density at radius 1 is 1.67 bits per heavy atom. The molecule has 0 aromatic heterocycles. The lowest BCUT2D eigenvalue weighted by Crippen LogP contribution is -1.97. The van der Waals surface area contributed by atoms with Gasteiger partial charge in [-0.05, 0) is 0 Å². The number of carbonyl (C=O) groups excluding carboxylic acids is 1. The summed E-state index contributed by atoms with van der Waals surface area (Å²) in [6, 6.07) is 0. The summed E-state index contributed by atoms with van der Waals surface area (Å²) >= 11 is 5.29. The predicted octanol–water partition coefficient (Wildman–Crippen LogP) is 1.34. The van der Waals surface area contributed by atoms with Crippen LogP contribution < -0.4 is 0 Å². The Labute approximate surface area is 59.5 Å². The van der Waals surface area contributed by atoms with Crippen LogP contribution in [0.2, 0.25) is 0 Å². The molecule has 0 aromatic rings.